The fraction of sp³-hybridized carbons (Fsp3) is 0.385. The Bertz CT molecular complexity index is 556. The van der Waals surface area contributed by atoms with Gasteiger partial charge in [0.1, 0.15) is 5.82 Å². The Labute approximate surface area is 116 Å². The number of hydrogen-bond acceptors (Lipinski definition) is 2. The van der Waals surface area contributed by atoms with E-state index in [1.54, 1.807) is 5.32 Å². The highest BCUT2D eigenvalue weighted by Gasteiger charge is 2.51. The Morgan fingerprint density at radius 2 is 1.76 bits per heavy atom. The predicted octanol–water partition coefficient (Wildman–Crippen LogP) is 2.27. The molecule has 1 fully saturated rings. The normalized spacial score (nSPS) is 22.5. The summed E-state index contributed by atoms with van der Waals surface area (Å²) in [5.41, 5.74) is -0.315. The Morgan fingerprint density at radius 1 is 1.19 bits per heavy atom. The van der Waals surface area contributed by atoms with Gasteiger partial charge in [-0.2, -0.15) is 13.2 Å². The van der Waals surface area contributed by atoms with Gasteiger partial charge in [-0.15, -0.1) is 0 Å². The van der Waals surface area contributed by atoms with E-state index < -0.39 is 41.7 Å². The van der Waals surface area contributed by atoms with E-state index in [9.17, 15) is 27.2 Å². The Kier molecular flexibility index (Phi) is 3.89. The van der Waals surface area contributed by atoms with Gasteiger partial charge in [0.2, 0.25) is 5.91 Å². The van der Waals surface area contributed by atoms with Crippen LogP contribution in [0.1, 0.15) is 18.0 Å². The van der Waals surface area contributed by atoms with Crippen LogP contribution in [0.5, 0.6) is 0 Å². The zero-order chi connectivity index (χ0) is 15.8. The number of carboxylic acids is 1. The van der Waals surface area contributed by atoms with Crippen LogP contribution in [-0.4, -0.2) is 23.2 Å². The Hall–Kier alpha value is -2.12. The fourth-order valence-corrected chi connectivity index (χ4v) is 2.02. The quantitative estimate of drug-likeness (QED) is 0.839. The molecule has 21 heavy (non-hydrogen) atoms. The zero-order valence-electron chi connectivity index (χ0n) is 10.5. The van der Waals surface area contributed by atoms with Gasteiger partial charge in [-0.1, -0.05) is 12.1 Å². The van der Waals surface area contributed by atoms with Gasteiger partial charge in [-0.3, -0.25) is 9.59 Å². The van der Waals surface area contributed by atoms with E-state index in [0.717, 1.165) is 24.3 Å². The first kappa shape index (κ1) is 15.3. The highest BCUT2D eigenvalue weighted by Crippen LogP contribution is 2.40. The average molecular weight is 305 g/mol. The molecular formula is C13H11F4NO3. The van der Waals surface area contributed by atoms with E-state index in [2.05, 4.69) is 0 Å². The Balaban J connectivity index is 2.13. The molecule has 0 unspecified atom stereocenters. The fourth-order valence-electron chi connectivity index (χ4n) is 2.02. The van der Waals surface area contributed by atoms with Crippen molar-refractivity contribution in [1.82, 2.24) is 5.32 Å². The zero-order valence-corrected chi connectivity index (χ0v) is 10.5. The lowest BCUT2D eigenvalue weighted by Gasteiger charge is -2.22. The van der Waals surface area contributed by atoms with Gasteiger partial charge in [-0.25, -0.2) is 4.39 Å². The standard InChI is InChI=1S/C13H11F4NO3/c14-7-3-1-6(2-4-7)10(13(15,16)17)18-11(19)8-5-9(8)12(20)21/h1-4,8-10H,5H2,(H,18,19)(H,20,21)/t8-,9+,10-/m0/s1. The summed E-state index contributed by atoms with van der Waals surface area (Å²) in [4.78, 5) is 22.3. The number of benzene rings is 1. The maximum atomic E-state index is 13.0. The van der Waals surface area contributed by atoms with E-state index in [-0.39, 0.29) is 12.0 Å². The third-order valence-corrected chi connectivity index (χ3v) is 3.26. The van der Waals surface area contributed by atoms with Gasteiger partial charge in [0, 0.05) is 0 Å². The molecule has 8 heteroatoms. The molecule has 1 saturated carbocycles. The van der Waals surface area contributed by atoms with Crippen LogP contribution in [0.3, 0.4) is 0 Å². The summed E-state index contributed by atoms with van der Waals surface area (Å²) in [6, 6.07) is 1.28. The molecular weight excluding hydrogens is 294 g/mol. The molecule has 2 N–H and O–H groups in total. The molecule has 0 heterocycles. The molecule has 0 saturated heterocycles. The Morgan fingerprint density at radius 3 is 2.19 bits per heavy atom. The van der Waals surface area contributed by atoms with E-state index in [1.165, 1.54) is 0 Å². The summed E-state index contributed by atoms with van der Waals surface area (Å²) in [6.07, 6.45) is -4.74. The number of nitrogens with one attached hydrogen (secondary N) is 1. The molecule has 0 radical (unpaired) electrons. The molecule has 1 amide bonds. The number of alkyl halides is 3. The van der Waals surface area contributed by atoms with Crippen molar-refractivity contribution in [3.05, 3.63) is 35.6 Å². The van der Waals surface area contributed by atoms with Gasteiger partial charge in [0.25, 0.3) is 0 Å². The summed E-state index contributed by atoms with van der Waals surface area (Å²) >= 11 is 0. The SMILES string of the molecule is O=C(N[C@@H](c1ccc(F)cc1)C(F)(F)F)[C@H]1C[C@H]1C(=O)O. The van der Waals surface area contributed by atoms with Gasteiger partial charge in [0.05, 0.1) is 11.8 Å². The molecule has 1 aliphatic carbocycles. The smallest absolute Gasteiger partial charge is 0.412 e. The number of halogens is 4. The third kappa shape index (κ3) is 3.50. The van der Waals surface area contributed by atoms with Crippen LogP contribution in [0.2, 0.25) is 0 Å². The van der Waals surface area contributed by atoms with Crippen molar-refractivity contribution >= 4 is 11.9 Å². The van der Waals surface area contributed by atoms with E-state index in [1.807, 2.05) is 0 Å². The van der Waals surface area contributed by atoms with Crippen molar-refractivity contribution in [3.63, 3.8) is 0 Å². The summed E-state index contributed by atoms with van der Waals surface area (Å²) < 4.78 is 51.7. The number of amides is 1. The highest BCUT2D eigenvalue weighted by molar-refractivity contribution is 5.89. The van der Waals surface area contributed by atoms with Crippen LogP contribution >= 0.6 is 0 Å². The van der Waals surface area contributed by atoms with Crippen molar-refractivity contribution in [2.45, 2.75) is 18.6 Å². The van der Waals surface area contributed by atoms with Crippen molar-refractivity contribution in [3.8, 4) is 0 Å². The van der Waals surface area contributed by atoms with E-state index in [0.29, 0.717) is 0 Å². The summed E-state index contributed by atoms with van der Waals surface area (Å²) in [7, 11) is 0. The molecule has 114 valence electrons. The molecule has 2 rings (SSSR count). The van der Waals surface area contributed by atoms with Crippen LogP contribution in [0, 0.1) is 17.7 Å². The van der Waals surface area contributed by atoms with Crippen LogP contribution in [0.15, 0.2) is 24.3 Å². The minimum atomic E-state index is -4.76. The van der Waals surface area contributed by atoms with Gasteiger partial charge >= 0.3 is 12.1 Å². The third-order valence-electron chi connectivity index (χ3n) is 3.26. The topological polar surface area (TPSA) is 66.4 Å². The summed E-state index contributed by atoms with van der Waals surface area (Å²) in [5, 5.41) is 10.5. The minimum Gasteiger partial charge on any atom is -0.481 e. The van der Waals surface area contributed by atoms with Gasteiger partial charge < -0.3 is 10.4 Å². The second-order valence-corrected chi connectivity index (χ2v) is 4.82. The lowest BCUT2D eigenvalue weighted by Crippen LogP contribution is -2.39. The largest absolute Gasteiger partial charge is 0.481 e. The maximum absolute atomic E-state index is 13.0. The molecule has 1 aromatic rings. The second kappa shape index (κ2) is 5.34. The number of carbonyl (C=O) groups is 2. The van der Waals surface area contributed by atoms with Crippen molar-refractivity contribution in [1.29, 1.82) is 0 Å². The van der Waals surface area contributed by atoms with Crippen LogP contribution in [0.4, 0.5) is 17.6 Å². The van der Waals surface area contributed by atoms with Crippen molar-refractivity contribution in [2.75, 3.05) is 0 Å². The predicted molar refractivity (Wildman–Crippen MR) is 62.6 cm³/mol. The maximum Gasteiger partial charge on any atom is 0.412 e. The second-order valence-electron chi connectivity index (χ2n) is 4.82. The molecule has 0 spiro atoms. The van der Waals surface area contributed by atoms with Crippen molar-refractivity contribution in [2.24, 2.45) is 11.8 Å². The minimum absolute atomic E-state index is 0.0230. The summed E-state index contributed by atoms with van der Waals surface area (Å²) in [6.45, 7) is 0. The number of aliphatic carboxylic acids is 1. The van der Waals surface area contributed by atoms with Crippen LogP contribution < -0.4 is 5.32 Å². The number of carboxylic acid groups (broad SMARTS) is 1. The van der Waals surface area contributed by atoms with Gasteiger partial charge in [0.15, 0.2) is 6.04 Å². The van der Waals surface area contributed by atoms with Crippen LogP contribution in [0.25, 0.3) is 0 Å². The first-order valence-corrected chi connectivity index (χ1v) is 6.05. The molecule has 3 atom stereocenters. The molecule has 0 aliphatic heterocycles. The average Bonchev–Trinajstić information content (AvgIpc) is 3.16. The number of hydrogen-bond donors (Lipinski definition) is 2. The molecule has 0 bridgehead atoms. The van der Waals surface area contributed by atoms with E-state index in [4.69, 9.17) is 5.11 Å². The first-order chi connectivity index (χ1) is 9.70. The summed E-state index contributed by atoms with van der Waals surface area (Å²) in [5.74, 6) is -4.76. The number of rotatable bonds is 4. The lowest BCUT2D eigenvalue weighted by atomic mass is 10.1. The molecule has 4 nitrogen and oxygen atoms in total. The first-order valence-electron chi connectivity index (χ1n) is 6.05. The lowest BCUT2D eigenvalue weighted by molar-refractivity contribution is -0.164. The van der Waals surface area contributed by atoms with Crippen molar-refractivity contribution < 1.29 is 32.3 Å². The van der Waals surface area contributed by atoms with E-state index >= 15 is 0 Å². The molecule has 0 aromatic heterocycles. The number of carbonyl (C=O) groups excluding carboxylic acids is 1. The molecule has 1 aromatic carbocycles. The molecule has 1 aliphatic rings. The van der Waals surface area contributed by atoms with Crippen LogP contribution in [-0.2, 0) is 9.59 Å². The van der Waals surface area contributed by atoms with Gasteiger partial charge in [-0.05, 0) is 24.1 Å². The highest BCUT2D eigenvalue weighted by atomic mass is 19.4. The monoisotopic (exact) mass is 305 g/mol.